The van der Waals surface area contributed by atoms with Crippen LogP contribution in [0.2, 0.25) is 0 Å². The minimum Gasteiger partial charge on any atom is -0.207 e. The zero-order chi connectivity index (χ0) is 24.3. The lowest BCUT2D eigenvalue weighted by atomic mass is 10.2. The summed E-state index contributed by atoms with van der Waals surface area (Å²) >= 11 is 0. The fourth-order valence-electron chi connectivity index (χ4n) is 4.69. The first-order chi connectivity index (χ1) is 17.0. The Labute approximate surface area is 208 Å². The summed E-state index contributed by atoms with van der Waals surface area (Å²) in [5, 5.41) is 4.63. The summed E-state index contributed by atoms with van der Waals surface area (Å²) in [6.45, 7) is 1.95. The molecule has 174 valence electrons. The summed E-state index contributed by atoms with van der Waals surface area (Å²) in [6.07, 6.45) is 6.02. The number of hydrogen-bond donors (Lipinski definition) is 1. The predicted molar refractivity (Wildman–Crippen MR) is 148 cm³/mol. The van der Waals surface area contributed by atoms with Gasteiger partial charge in [0.05, 0.1) is 10.9 Å². The second-order valence-corrected chi connectivity index (χ2v) is 13.7. The molecule has 5 rings (SSSR count). The third-order valence-corrected chi connectivity index (χ3v) is 12.2. The SMILES string of the molecule is Cc1ccc(S(=O)(=O)NC2C=CC=C2[P+](c2ccccc2)(c2ccccc2)c2ccccc2)cc1. The van der Waals surface area contributed by atoms with E-state index in [-0.39, 0.29) is 4.90 Å². The molecule has 0 aromatic heterocycles. The second-order valence-electron chi connectivity index (χ2n) is 8.57. The van der Waals surface area contributed by atoms with Crippen LogP contribution in [0.15, 0.2) is 144 Å². The molecular formula is C30H27NO2PS+. The lowest BCUT2D eigenvalue weighted by molar-refractivity contribution is 0.580. The highest BCUT2D eigenvalue weighted by molar-refractivity contribution is 7.99. The van der Waals surface area contributed by atoms with Crippen LogP contribution in [0.25, 0.3) is 0 Å². The molecule has 0 saturated heterocycles. The maximum absolute atomic E-state index is 13.4. The maximum Gasteiger partial charge on any atom is 0.241 e. The van der Waals surface area contributed by atoms with Crippen LogP contribution in [-0.4, -0.2) is 14.5 Å². The highest BCUT2D eigenvalue weighted by atomic mass is 32.2. The van der Waals surface area contributed by atoms with Crippen molar-refractivity contribution in [2.75, 3.05) is 0 Å². The van der Waals surface area contributed by atoms with Crippen molar-refractivity contribution < 1.29 is 8.42 Å². The fraction of sp³-hybridized carbons (Fsp3) is 0.0667. The average Bonchev–Trinajstić information content (AvgIpc) is 3.34. The van der Waals surface area contributed by atoms with Gasteiger partial charge in [-0.3, -0.25) is 0 Å². The molecule has 4 aromatic carbocycles. The van der Waals surface area contributed by atoms with Crippen LogP contribution in [0.5, 0.6) is 0 Å². The molecule has 1 aliphatic rings. The summed E-state index contributed by atoms with van der Waals surface area (Å²) in [5.41, 5.74) is 1.02. The Morgan fingerprint density at radius 2 is 1.11 bits per heavy atom. The molecule has 35 heavy (non-hydrogen) atoms. The van der Waals surface area contributed by atoms with E-state index in [0.717, 1.165) is 10.9 Å². The predicted octanol–water partition coefficient (Wildman–Crippen LogP) is 5.09. The van der Waals surface area contributed by atoms with Crippen LogP contribution >= 0.6 is 7.26 Å². The molecular weight excluding hydrogens is 469 g/mol. The van der Waals surface area contributed by atoms with Gasteiger partial charge in [-0.05, 0) is 61.5 Å². The molecule has 1 N–H and O–H groups in total. The van der Waals surface area contributed by atoms with Gasteiger partial charge >= 0.3 is 0 Å². The topological polar surface area (TPSA) is 46.2 Å². The van der Waals surface area contributed by atoms with E-state index >= 15 is 0 Å². The molecule has 1 aliphatic carbocycles. The molecule has 1 atom stereocenters. The Hall–Kier alpha value is -3.30. The molecule has 0 heterocycles. The summed E-state index contributed by atoms with van der Waals surface area (Å²) in [5.74, 6) is 0. The zero-order valence-corrected chi connectivity index (χ0v) is 21.2. The first-order valence-corrected chi connectivity index (χ1v) is 14.8. The molecule has 1 unspecified atom stereocenters. The van der Waals surface area contributed by atoms with Crippen molar-refractivity contribution in [1.82, 2.24) is 4.72 Å². The van der Waals surface area contributed by atoms with E-state index in [9.17, 15) is 8.42 Å². The summed E-state index contributed by atoms with van der Waals surface area (Å²) < 4.78 is 29.8. The summed E-state index contributed by atoms with van der Waals surface area (Å²) in [7, 11) is -6.10. The van der Waals surface area contributed by atoms with Crippen molar-refractivity contribution in [3.63, 3.8) is 0 Å². The minimum atomic E-state index is -3.72. The van der Waals surface area contributed by atoms with Crippen LogP contribution < -0.4 is 20.6 Å². The smallest absolute Gasteiger partial charge is 0.207 e. The molecule has 0 fully saturated rings. The molecule has 0 radical (unpaired) electrons. The number of nitrogens with one attached hydrogen (secondary N) is 1. The van der Waals surface area contributed by atoms with E-state index in [1.54, 1.807) is 12.1 Å². The Morgan fingerprint density at radius 3 is 1.57 bits per heavy atom. The third-order valence-electron chi connectivity index (χ3n) is 6.32. The molecule has 0 saturated carbocycles. The molecule has 0 amide bonds. The van der Waals surface area contributed by atoms with Gasteiger partial charge in [0.15, 0.2) is 0 Å². The third kappa shape index (κ3) is 4.41. The molecule has 0 aliphatic heterocycles. The zero-order valence-electron chi connectivity index (χ0n) is 19.5. The van der Waals surface area contributed by atoms with Crippen molar-refractivity contribution in [3.05, 3.63) is 144 Å². The largest absolute Gasteiger partial charge is 0.241 e. The van der Waals surface area contributed by atoms with Gasteiger partial charge in [-0.1, -0.05) is 84.4 Å². The fourth-order valence-corrected chi connectivity index (χ4v) is 10.5. The number of hydrogen-bond acceptors (Lipinski definition) is 2. The van der Waals surface area contributed by atoms with Crippen molar-refractivity contribution in [2.24, 2.45) is 0 Å². The van der Waals surface area contributed by atoms with Gasteiger partial charge < -0.3 is 0 Å². The lowest BCUT2D eigenvalue weighted by Crippen LogP contribution is -2.40. The first-order valence-electron chi connectivity index (χ1n) is 11.6. The summed E-state index contributed by atoms with van der Waals surface area (Å²) in [4.78, 5) is 0.269. The van der Waals surface area contributed by atoms with Crippen molar-refractivity contribution in [3.8, 4) is 0 Å². The van der Waals surface area contributed by atoms with Gasteiger partial charge in [0, 0.05) is 0 Å². The van der Waals surface area contributed by atoms with Crippen LogP contribution in [0.4, 0.5) is 0 Å². The van der Waals surface area contributed by atoms with Gasteiger partial charge in [0.1, 0.15) is 28.5 Å². The Balaban J connectivity index is 1.69. The van der Waals surface area contributed by atoms with Crippen LogP contribution in [0, 0.1) is 6.92 Å². The van der Waals surface area contributed by atoms with Gasteiger partial charge in [-0.15, -0.1) is 0 Å². The number of aryl methyl sites for hydroxylation is 1. The summed E-state index contributed by atoms with van der Waals surface area (Å²) in [6, 6.07) is 37.9. The molecule has 0 spiro atoms. The number of benzene rings is 4. The van der Waals surface area contributed by atoms with Crippen LogP contribution in [0.3, 0.4) is 0 Å². The molecule has 4 aromatic rings. The van der Waals surface area contributed by atoms with E-state index in [1.807, 2.05) is 49.4 Å². The van der Waals surface area contributed by atoms with Gasteiger partial charge in [-0.2, -0.15) is 4.72 Å². The van der Waals surface area contributed by atoms with Crippen LogP contribution in [0.1, 0.15) is 5.56 Å². The van der Waals surface area contributed by atoms with Crippen LogP contribution in [-0.2, 0) is 10.0 Å². The van der Waals surface area contributed by atoms with Gasteiger partial charge in [0.25, 0.3) is 0 Å². The Morgan fingerprint density at radius 1 is 0.657 bits per heavy atom. The monoisotopic (exact) mass is 496 g/mol. The Bertz CT molecular complexity index is 1370. The number of allylic oxidation sites excluding steroid dienone is 2. The van der Waals surface area contributed by atoms with E-state index in [1.165, 1.54) is 15.9 Å². The standard InChI is InChI=1S/C30H27NO2PS/c1-24-20-22-28(23-21-24)35(32,33)31-29-18-11-19-30(29)34(25-12-5-2-6-13-25,26-14-7-3-8-15-26)27-16-9-4-10-17-27/h2-23,29,31H,1H3/q+1. The van der Waals surface area contributed by atoms with E-state index in [4.69, 9.17) is 0 Å². The normalized spacial score (nSPS) is 15.7. The van der Waals surface area contributed by atoms with Gasteiger partial charge in [0.2, 0.25) is 10.0 Å². The van der Waals surface area contributed by atoms with Crippen molar-refractivity contribution in [1.29, 1.82) is 0 Å². The quantitative estimate of drug-likeness (QED) is 0.363. The van der Waals surface area contributed by atoms with Gasteiger partial charge in [-0.25, -0.2) is 8.42 Å². The number of sulfonamides is 1. The highest BCUT2D eigenvalue weighted by Crippen LogP contribution is 2.64. The van der Waals surface area contributed by atoms with Crippen molar-refractivity contribution in [2.45, 2.75) is 17.9 Å². The number of rotatable bonds is 7. The minimum absolute atomic E-state index is 0.269. The molecule has 0 bridgehead atoms. The first kappa shape index (κ1) is 23.4. The Kier molecular flexibility index (Phi) is 6.53. The van der Waals surface area contributed by atoms with E-state index in [2.05, 4.69) is 83.6 Å². The van der Waals surface area contributed by atoms with Crippen molar-refractivity contribution >= 4 is 33.2 Å². The highest BCUT2D eigenvalue weighted by Gasteiger charge is 2.52. The van der Waals surface area contributed by atoms with E-state index < -0.39 is 23.3 Å². The average molecular weight is 497 g/mol. The lowest BCUT2D eigenvalue weighted by Gasteiger charge is -2.31. The van der Waals surface area contributed by atoms with E-state index in [0.29, 0.717) is 0 Å². The maximum atomic E-state index is 13.4. The second kappa shape index (κ2) is 9.75. The molecule has 5 heteroatoms. The molecule has 3 nitrogen and oxygen atoms in total.